The summed E-state index contributed by atoms with van der Waals surface area (Å²) in [5.41, 5.74) is 3.90. The number of nitriles is 2. The molecule has 0 atom stereocenters. The highest BCUT2D eigenvalue weighted by Gasteiger charge is 2.09. The first-order chi connectivity index (χ1) is 17.7. The Morgan fingerprint density at radius 1 is 0.444 bits per heavy atom. The van der Waals surface area contributed by atoms with Gasteiger partial charge in [-0.3, -0.25) is 0 Å². The van der Waals surface area contributed by atoms with Crippen LogP contribution in [0, 0.1) is 22.7 Å². The number of rotatable bonds is 5. The van der Waals surface area contributed by atoms with Gasteiger partial charge in [0.15, 0.2) is 0 Å². The maximum absolute atomic E-state index is 9.79. The number of hydrogen-bond acceptors (Lipinski definition) is 2. The molecule has 0 saturated heterocycles. The van der Waals surface area contributed by atoms with Crippen molar-refractivity contribution in [3.8, 4) is 12.1 Å². The van der Waals surface area contributed by atoms with E-state index >= 15 is 0 Å². The zero-order valence-electron chi connectivity index (χ0n) is 20.0. The van der Waals surface area contributed by atoms with Crippen LogP contribution < -0.4 is 0 Å². The lowest BCUT2D eigenvalue weighted by Gasteiger charge is -2.10. The van der Waals surface area contributed by atoms with Gasteiger partial charge >= 0.3 is 0 Å². The van der Waals surface area contributed by atoms with E-state index in [0.29, 0.717) is 0 Å². The Hall–Kier alpha value is -4.66. The molecule has 0 unspecified atom stereocenters. The van der Waals surface area contributed by atoms with Crippen LogP contribution in [0.3, 0.4) is 0 Å². The molecule has 6 rings (SSSR count). The zero-order valence-corrected chi connectivity index (χ0v) is 20.0. The second-order valence-corrected chi connectivity index (χ2v) is 9.48. The van der Waals surface area contributed by atoms with Crippen molar-refractivity contribution in [1.29, 1.82) is 10.5 Å². The van der Waals surface area contributed by atoms with E-state index in [1.54, 1.807) is 0 Å². The molecule has 170 valence electrons. The normalized spacial score (nSPS) is 11.2. The number of benzene rings is 6. The highest BCUT2D eigenvalue weighted by Crippen LogP contribution is 2.31. The summed E-state index contributed by atoms with van der Waals surface area (Å²) in [5.74, 6) is 0. The Morgan fingerprint density at radius 3 is 1.33 bits per heavy atom. The first-order valence-electron chi connectivity index (χ1n) is 12.4. The number of nitrogens with zero attached hydrogens (tertiary/aromatic N) is 2. The minimum Gasteiger partial charge on any atom is -0.192 e. The Morgan fingerprint density at radius 2 is 0.889 bits per heavy atom. The molecule has 0 N–H and O–H groups in total. The van der Waals surface area contributed by atoms with Crippen molar-refractivity contribution < 1.29 is 0 Å². The van der Waals surface area contributed by atoms with Gasteiger partial charge in [0.05, 0.1) is 23.3 Å². The Kier molecular flexibility index (Phi) is 5.57. The summed E-state index contributed by atoms with van der Waals surface area (Å²) in [6.07, 6.45) is 3.90. The molecule has 0 aliphatic heterocycles. The van der Waals surface area contributed by atoms with Gasteiger partial charge in [-0.2, -0.15) is 10.5 Å². The standard InChI is InChI=1S/C34H24N2/c35-21-27-17-23(19-33-29-11-5-3-9-25(29)13-15-31(27)33)7-1-2-8-24-18-28(22-36)32-16-14-26-10-4-6-12-30(26)34(32)20-24/h3-6,9-20H,1-2,7-8H2. The molecule has 0 heterocycles. The first kappa shape index (κ1) is 21.8. The lowest BCUT2D eigenvalue weighted by Crippen LogP contribution is -1.93. The molecule has 0 radical (unpaired) electrons. The molecule has 0 fully saturated rings. The molecule has 0 saturated carbocycles. The zero-order chi connectivity index (χ0) is 24.5. The second-order valence-electron chi connectivity index (χ2n) is 9.48. The fourth-order valence-corrected chi connectivity index (χ4v) is 5.48. The molecule has 2 nitrogen and oxygen atoms in total. The molecule has 0 aliphatic carbocycles. The second kappa shape index (κ2) is 9.18. The van der Waals surface area contributed by atoms with Gasteiger partial charge in [0.25, 0.3) is 0 Å². The summed E-state index contributed by atoms with van der Waals surface area (Å²) >= 11 is 0. The predicted molar refractivity (Wildman–Crippen MR) is 149 cm³/mol. The largest absolute Gasteiger partial charge is 0.192 e. The van der Waals surface area contributed by atoms with Crippen molar-refractivity contribution in [2.45, 2.75) is 25.7 Å². The Labute approximate surface area is 210 Å². The van der Waals surface area contributed by atoms with E-state index in [2.05, 4.69) is 97.1 Å². The topological polar surface area (TPSA) is 47.6 Å². The molecule has 2 heteroatoms. The fraction of sp³-hybridized carbons (Fsp3) is 0.118. The molecule has 6 aromatic rings. The molecule has 6 aromatic carbocycles. The quantitative estimate of drug-likeness (QED) is 0.191. The molecule has 0 bridgehead atoms. The molecule has 0 aromatic heterocycles. The average Bonchev–Trinajstić information content (AvgIpc) is 2.94. The first-order valence-corrected chi connectivity index (χ1v) is 12.4. The van der Waals surface area contributed by atoms with Gasteiger partial charge in [0.1, 0.15) is 0 Å². The van der Waals surface area contributed by atoms with Crippen LogP contribution in [0.15, 0.2) is 97.1 Å². The van der Waals surface area contributed by atoms with Crippen molar-refractivity contribution in [2.24, 2.45) is 0 Å². The highest BCUT2D eigenvalue weighted by atomic mass is 14.3. The van der Waals surface area contributed by atoms with Crippen molar-refractivity contribution in [2.75, 3.05) is 0 Å². The summed E-state index contributed by atoms with van der Waals surface area (Å²) in [6.45, 7) is 0. The highest BCUT2D eigenvalue weighted by molar-refractivity contribution is 6.10. The Bertz CT molecular complexity index is 1730. The van der Waals surface area contributed by atoms with Gasteiger partial charge in [0.2, 0.25) is 0 Å². The van der Waals surface area contributed by atoms with Crippen LogP contribution in [0.1, 0.15) is 35.1 Å². The van der Waals surface area contributed by atoms with E-state index in [1.165, 1.54) is 32.7 Å². The predicted octanol–water partition coefficient (Wildman–Crippen LogP) is 8.61. The van der Waals surface area contributed by atoms with Gasteiger partial charge in [-0.15, -0.1) is 0 Å². The third-order valence-corrected chi connectivity index (χ3v) is 7.26. The maximum atomic E-state index is 9.79. The summed E-state index contributed by atoms with van der Waals surface area (Å²) in [6, 6.07) is 38.5. The number of fused-ring (bicyclic) bond motifs is 6. The van der Waals surface area contributed by atoms with Gasteiger partial charge in [0, 0.05) is 10.8 Å². The van der Waals surface area contributed by atoms with Crippen LogP contribution in [0.4, 0.5) is 0 Å². The van der Waals surface area contributed by atoms with Crippen LogP contribution in [0.5, 0.6) is 0 Å². The van der Waals surface area contributed by atoms with Gasteiger partial charge in [-0.1, -0.05) is 84.9 Å². The SMILES string of the molecule is N#Cc1cc(CCCCc2cc(C#N)c3ccc4ccccc4c3c2)cc2c1ccc1ccccc12. The minimum atomic E-state index is 0.744. The van der Waals surface area contributed by atoms with Crippen LogP contribution >= 0.6 is 0 Å². The number of hydrogen-bond donors (Lipinski definition) is 0. The molecular weight excluding hydrogens is 436 g/mol. The van der Waals surface area contributed by atoms with Crippen LogP contribution in [-0.2, 0) is 12.8 Å². The van der Waals surface area contributed by atoms with Crippen molar-refractivity contribution in [3.63, 3.8) is 0 Å². The van der Waals surface area contributed by atoms with Crippen LogP contribution in [0.25, 0.3) is 43.1 Å². The summed E-state index contributed by atoms with van der Waals surface area (Å²) in [7, 11) is 0. The fourth-order valence-electron chi connectivity index (χ4n) is 5.48. The lowest BCUT2D eigenvalue weighted by atomic mass is 9.93. The Balaban J connectivity index is 1.26. The summed E-state index contributed by atoms with van der Waals surface area (Å²) in [5, 5.41) is 28.7. The van der Waals surface area contributed by atoms with Crippen LogP contribution in [0.2, 0.25) is 0 Å². The van der Waals surface area contributed by atoms with Crippen LogP contribution in [-0.4, -0.2) is 0 Å². The molecule has 36 heavy (non-hydrogen) atoms. The van der Waals surface area contributed by atoms with Crippen molar-refractivity contribution >= 4 is 43.1 Å². The van der Waals surface area contributed by atoms with Gasteiger partial charge in [-0.25, -0.2) is 0 Å². The van der Waals surface area contributed by atoms with Gasteiger partial charge < -0.3 is 0 Å². The molecule has 0 aliphatic rings. The lowest BCUT2D eigenvalue weighted by molar-refractivity contribution is 0.735. The molecular formula is C34H24N2. The number of aryl methyl sites for hydroxylation is 2. The molecule has 0 spiro atoms. The smallest absolute Gasteiger partial charge is 0.0998 e. The third kappa shape index (κ3) is 3.84. The van der Waals surface area contributed by atoms with E-state index in [-0.39, 0.29) is 0 Å². The monoisotopic (exact) mass is 460 g/mol. The van der Waals surface area contributed by atoms with E-state index in [4.69, 9.17) is 0 Å². The number of unbranched alkanes of at least 4 members (excludes halogenated alkanes) is 1. The summed E-state index contributed by atoms with van der Waals surface area (Å²) < 4.78 is 0. The van der Waals surface area contributed by atoms with E-state index in [9.17, 15) is 10.5 Å². The van der Waals surface area contributed by atoms with E-state index in [0.717, 1.165) is 58.4 Å². The van der Waals surface area contributed by atoms with E-state index < -0.39 is 0 Å². The minimum absolute atomic E-state index is 0.744. The average molecular weight is 461 g/mol. The van der Waals surface area contributed by atoms with Gasteiger partial charge in [-0.05, 0) is 81.3 Å². The summed E-state index contributed by atoms with van der Waals surface area (Å²) in [4.78, 5) is 0. The van der Waals surface area contributed by atoms with E-state index in [1.807, 2.05) is 12.1 Å². The third-order valence-electron chi connectivity index (χ3n) is 7.26. The van der Waals surface area contributed by atoms with Crippen molar-refractivity contribution in [3.05, 3.63) is 119 Å². The maximum Gasteiger partial charge on any atom is 0.0998 e. The molecule has 0 amide bonds. The van der Waals surface area contributed by atoms with Crippen molar-refractivity contribution in [1.82, 2.24) is 0 Å².